The second kappa shape index (κ2) is 11.6. The van der Waals surface area contributed by atoms with Gasteiger partial charge in [-0.1, -0.05) is 35.9 Å². The van der Waals surface area contributed by atoms with Crippen LogP contribution in [0.3, 0.4) is 0 Å². The fourth-order valence-electron chi connectivity index (χ4n) is 4.56. The number of halogens is 2. The van der Waals surface area contributed by atoms with Crippen molar-refractivity contribution in [1.82, 2.24) is 14.9 Å². The van der Waals surface area contributed by atoms with Crippen LogP contribution in [0.1, 0.15) is 35.4 Å². The molecular formula is C25H31Cl2N3O3S. The standard InChI is InChI=1S/C25H30ClN3O3S.ClH/c1-27-24-11-9-18-8-10-20(15-21(18)22(24)14-19-6-3-4-7-23(19)26)32-12-5-13-33(30,31)25-16-29(2)17-28-25;/h3-4,6-8,10,15-17,22,24,27H,5,9,11-14H2,1-2H3;1H. The highest BCUT2D eigenvalue weighted by Crippen LogP contribution is 2.37. The summed E-state index contributed by atoms with van der Waals surface area (Å²) in [5.41, 5.74) is 3.76. The fraction of sp³-hybridized carbons (Fsp3) is 0.400. The Bertz CT molecular complexity index is 1210. The van der Waals surface area contributed by atoms with Crippen LogP contribution in [0.25, 0.3) is 0 Å². The molecule has 0 saturated carbocycles. The lowest BCUT2D eigenvalue weighted by Crippen LogP contribution is -2.37. The Morgan fingerprint density at radius 2 is 2.03 bits per heavy atom. The van der Waals surface area contributed by atoms with Crippen LogP contribution in [0.2, 0.25) is 5.02 Å². The number of ether oxygens (including phenoxy) is 1. The van der Waals surface area contributed by atoms with Gasteiger partial charge >= 0.3 is 0 Å². The molecule has 0 fully saturated rings. The molecule has 0 aliphatic heterocycles. The molecule has 1 aliphatic carbocycles. The molecular weight excluding hydrogens is 493 g/mol. The van der Waals surface area contributed by atoms with Gasteiger partial charge in [0, 0.05) is 30.2 Å². The van der Waals surface area contributed by atoms with Gasteiger partial charge in [0.25, 0.3) is 0 Å². The number of benzene rings is 2. The molecule has 0 bridgehead atoms. The van der Waals surface area contributed by atoms with Crippen LogP contribution in [-0.4, -0.2) is 43.4 Å². The molecule has 4 rings (SSSR count). The lowest BCUT2D eigenvalue weighted by atomic mass is 9.76. The van der Waals surface area contributed by atoms with Crippen molar-refractivity contribution >= 4 is 33.8 Å². The summed E-state index contributed by atoms with van der Waals surface area (Å²) < 4.78 is 32.4. The van der Waals surface area contributed by atoms with E-state index in [1.54, 1.807) is 11.6 Å². The summed E-state index contributed by atoms with van der Waals surface area (Å²) in [6.07, 6.45) is 6.36. The van der Waals surface area contributed by atoms with E-state index in [2.05, 4.69) is 28.5 Å². The maximum absolute atomic E-state index is 12.4. The highest BCUT2D eigenvalue weighted by atomic mass is 35.5. The Balaban J connectivity index is 0.00000324. The van der Waals surface area contributed by atoms with E-state index in [1.165, 1.54) is 23.7 Å². The minimum atomic E-state index is -3.40. The number of aryl methyl sites for hydroxylation is 2. The highest BCUT2D eigenvalue weighted by molar-refractivity contribution is 7.91. The Labute approximate surface area is 213 Å². The molecule has 2 unspecified atom stereocenters. The lowest BCUT2D eigenvalue weighted by molar-refractivity contribution is 0.315. The number of likely N-dealkylation sites (N-methyl/N-ethyl adjacent to an activating group) is 1. The molecule has 2 aromatic carbocycles. The third kappa shape index (κ3) is 6.13. The summed E-state index contributed by atoms with van der Waals surface area (Å²) in [7, 11) is 0.365. The summed E-state index contributed by atoms with van der Waals surface area (Å²) in [5, 5.41) is 4.39. The van der Waals surface area contributed by atoms with Crippen LogP contribution < -0.4 is 10.1 Å². The van der Waals surface area contributed by atoms with Gasteiger partial charge in [-0.2, -0.15) is 0 Å². The van der Waals surface area contributed by atoms with Crippen molar-refractivity contribution in [2.75, 3.05) is 19.4 Å². The molecule has 1 N–H and O–H groups in total. The van der Waals surface area contributed by atoms with Crippen LogP contribution in [0.5, 0.6) is 5.75 Å². The molecule has 34 heavy (non-hydrogen) atoms. The minimum absolute atomic E-state index is 0. The van der Waals surface area contributed by atoms with Crippen LogP contribution in [0, 0.1) is 0 Å². The highest BCUT2D eigenvalue weighted by Gasteiger charge is 2.29. The van der Waals surface area contributed by atoms with E-state index in [0.717, 1.165) is 35.6 Å². The first-order chi connectivity index (χ1) is 15.9. The van der Waals surface area contributed by atoms with Gasteiger partial charge in [0.05, 0.1) is 18.7 Å². The van der Waals surface area contributed by atoms with Gasteiger partial charge in [0.2, 0.25) is 0 Å². The van der Waals surface area contributed by atoms with Crippen molar-refractivity contribution in [2.24, 2.45) is 7.05 Å². The van der Waals surface area contributed by atoms with E-state index >= 15 is 0 Å². The lowest BCUT2D eigenvalue weighted by Gasteiger charge is -2.34. The quantitative estimate of drug-likeness (QED) is 0.415. The minimum Gasteiger partial charge on any atom is -0.494 e. The molecule has 0 saturated heterocycles. The molecule has 1 aromatic heterocycles. The topological polar surface area (TPSA) is 73.2 Å². The van der Waals surface area contributed by atoms with Crippen molar-refractivity contribution in [3.05, 3.63) is 76.7 Å². The average Bonchev–Trinajstić information content (AvgIpc) is 3.26. The summed E-state index contributed by atoms with van der Waals surface area (Å²) >= 11 is 6.46. The fourth-order valence-corrected chi connectivity index (χ4v) is 6.01. The van der Waals surface area contributed by atoms with E-state index in [1.807, 2.05) is 31.3 Å². The number of imidazole rings is 1. The van der Waals surface area contributed by atoms with Crippen molar-refractivity contribution in [1.29, 1.82) is 0 Å². The predicted octanol–water partition coefficient (Wildman–Crippen LogP) is 4.60. The average molecular weight is 525 g/mol. The molecule has 0 amide bonds. The number of rotatable bonds is 9. The molecule has 1 heterocycles. The van der Waals surface area contributed by atoms with Crippen LogP contribution in [0.4, 0.5) is 0 Å². The number of nitrogens with one attached hydrogen (secondary N) is 1. The number of hydrogen-bond donors (Lipinski definition) is 1. The van der Waals surface area contributed by atoms with Crippen LogP contribution in [-0.2, 0) is 29.7 Å². The number of hydrogen-bond acceptors (Lipinski definition) is 5. The summed E-state index contributed by atoms with van der Waals surface area (Å²) in [4.78, 5) is 3.96. The van der Waals surface area contributed by atoms with Crippen molar-refractivity contribution in [3.63, 3.8) is 0 Å². The molecule has 3 aromatic rings. The normalized spacial score (nSPS) is 17.6. The third-order valence-corrected chi connectivity index (χ3v) is 8.36. The van der Waals surface area contributed by atoms with Crippen molar-refractivity contribution < 1.29 is 13.2 Å². The molecule has 184 valence electrons. The number of aromatic nitrogens is 2. The van der Waals surface area contributed by atoms with Gasteiger partial charge < -0.3 is 14.6 Å². The van der Waals surface area contributed by atoms with E-state index in [0.29, 0.717) is 19.1 Å². The summed E-state index contributed by atoms with van der Waals surface area (Å²) in [5.74, 6) is 1.06. The molecule has 2 atom stereocenters. The smallest absolute Gasteiger partial charge is 0.197 e. The molecule has 1 aliphatic rings. The number of sulfone groups is 1. The van der Waals surface area contributed by atoms with Gasteiger partial charge in [-0.3, -0.25) is 0 Å². The predicted molar refractivity (Wildman–Crippen MR) is 138 cm³/mol. The largest absolute Gasteiger partial charge is 0.494 e. The number of fused-ring (bicyclic) bond motifs is 1. The van der Waals surface area contributed by atoms with Crippen molar-refractivity contribution in [3.8, 4) is 5.75 Å². The van der Waals surface area contributed by atoms with Gasteiger partial charge in [-0.15, -0.1) is 12.4 Å². The van der Waals surface area contributed by atoms with E-state index in [-0.39, 0.29) is 29.1 Å². The number of nitrogens with zero attached hydrogens (tertiary/aromatic N) is 2. The molecule has 0 spiro atoms. The molecule has 9 heteroatoms. The SMILES string of the molecule is CNC1CCc2ccc(OCCCS(=O)(=O)c3cn(C)cn3)cc2C1Cc1ccccc1Cl.Cl. The van der Waals surface area contributed by atoms with E-state index in [9.17, 15) is 8.42 Å². The van der Waals surface area contributed by atoms with Crippen molar-refractivity contribution in [2.45, 2.75) is 42.7 Å². The Morgan fingerprint density at radius 1 is 1.24 bits per heavy atom. The maximum Gasteiger partial charge on any atom is 0.197 e. The maximum atomic E-state index is 12.4. The van der Waals surface area contributed by atoms with Crippen LogP contribution >= 0.6 is 24.0 Å². The van der Waals surface area contributed by atoms with Gasteiger partial charge in [0.1, 0.15) is 5.75 Å². The first-order valence-electron chi connectivity index (χ1n) is 11.2. The molecule has 0 radical (unpaired) electrons. The van der Waals surface area contributed by atoms with Gasteiger partial charge in [0.15, 0.2) is 14.9 Å². The zero-order valence-corrected chi connectivity index (χ0v) is 21.8. The van der Waals surface area contributed by atoms with E-state index in [4.69, 9.17) is 16.3 Å². The van der Waals surface area contributed by atoms with Crippen LogP contribution in [0.15, 0.2) is 60.0 Å². The summed E-state index contributed by atoms with van der Waals surface area (Å²) in [6.45, 7) is 0.329. The van der Waals surface area contributed by atoms with Gasteiger partial charge in [-0.05, 0) is 67.6 Å². The Kier molecular flexibility index (Phi) is 9.04. The third-order valence-electron chi connectivity index (χ3n) is 6.32. The second-order valence-electron chi connectivity index (χ2n) is 8.59. The zero-order chi connectivity index (χ0) is 23.4. The first kappa shape index (κ1) is 26.5. The first-order valence-corrected chi connectivity index (χ1v) is 13.3. The molecule has 6 nitrogen and oxygen atoms in total. The Hall–Kier alpha value is -2.06. The van der Waals surface area contributed by atoms with E-state index < -0.39 is 9.84 Å². The van der Waals surface area contributed by atoms with Gasteiger partial charge in [-0.25, -0.2) is 13.4 Å². The summed E-state index contributed by atoms with van der Waals surface area (Å²) in [6, 6.07) is 14.6. The zero-order valence-electron chi connectivity index (χ0n) is 19.4. The monoisotopic (exact) mass is 523 g/mol. The Morgan fingerprint density at radius 3 is 2.74 bits per heavy atom. The second-order valence-corrected chi connectivity index (χ2v) is 11.1.